The molecule has 2 atom stereocenters. The number of piperidine rings is 1. The minimum absolute atomic E-state index is 0.132. The van der Waals surface area contributed by atoms with E-state index in [1.165, 1.54) is 0 Å². The van der Waals surface area contributed by atoms with E-state index in [1.807, 2.05) is 30.3 Å². The van der Waals surface area contributed by atoms with Gasteiger partial charge in [-0.15, -0.1) is 0 Å². The fourth-order valence-electron chi connectivity index (χ4n) is 3.64. The van der Waals surface area contributed by atoms with Gasteiger partial charge in [-0.25, -0.2) is 0 Å². The predicted molar refractivity (Wildman–Crippen MR) is 94.9 cm³/mol. The summed E-state index contributed by atoms with van der Waals surface area (Å²) in [4.78, 5) is 13.5. The zero-order valence-electron chi connectivity index (χ0n) is 14.0. The van der Waals surface area contributed by atoms with Gasteiger partial charge in [0.25, 0.3) is 5.91 Å². The van der Waals surface area contributed by atoms with Crippen LogP contribution in [0.2, 0.25) is 0 Å². The smallest absolute Gasteiger partial charge is 0.253 e. The number of aliphatic hydroxyl groups excluding tert-OH is 2. The number of hydrogen-bond acceptors (Lipinski definition) is 5. The SMILES string of the molecule is N[C@@H](c1c(O)ccc2ccccc12)C1CCN(C(=O)[C@H](O)CO)CC1. The van der Waals surface area contributed by atoms with E-state index < -0.39 is 18.6 Å². The van der Waals surface area contributed by atoms with Crippen molar-refractivity contribution in [1.29, 1.82) is 0 Å². The third-order valence-corrected chi connectivity index (χ3v) is 5.10. The molecule has 1 aliphatic heterocycles. The van der Waals surface area contributed by atoms with Crippen LogP contribution in [0.15, 0.2) is 36.4 Å². The average Bonchev–Trinajstić information content (AvgIpc) is 2.66. The number of phenolic OH excluding ortho intramolecular Hbond substituents is 1. The van der Waals surface area contributed by atoms with Crippen molar-refractivity contribution in [2.45, 2.75) is 25.0 Å². The molecule has 0 spiro atoms. The van der Waals surface area contributed by atoms with Crippen molar-refractivity contribution in [3.8, 4) is 5.75 Å². The second-order valence-corrected chi connectivity index (χ2v) is 6.61. The van der Waals surface area contributed by atoms with Gasteiger partial charge >= 0.3 is 0 Å². The molecule has 5 N–H and O–H groups in total. The lowest BCUT2D eigenvalue weighted by atomic mass is 9.83. The number of carbonyl (C=O) groups excluding carboxylic acids is 1. The number of aliphatic hydroxyl groups is 2. The monoisotopic (exact) mass is 344 g/mol. The normalized spacial score (nSPS) is 18.3. The molecule has 2 aromatic rings. The second-order valence-electron chi connectivity index (χ2n) is 6.61. The Morgan fingerprint density at radius 3 is 2.56 bits per heavy atom. The highest BCUT2D eigenvalue weighted by Gasteiger charge is 2.31. The van der Waals surface area contributed by atoms with Crippen LogP contribution < -0.4 is 5.73 Å². The summed E-state index contributed by atoms with van der Waals surface area (Å²) in [6.07, 6.45) is 0.0221. The molecular weight excluding hydrogens is 320 g/mol. The number of amides is 1. The molecule has 1 fully saturated rings. The number of benzene rings is 2. The number of nitrogens with zero attached hydrogens (tertiary/aromatic N) is 1. The molecule has 0 aliphatic carbocycles. The van der Waals surface area contributed by atoms with E-state index in [2.05, 4.69) is 0 Å². The van der Waals surface area contributed by atoms with Crippen molar-refractivity contribution >= 4 is 16.7 Å². The average molecular weight is 344 g/mol. The molecule has 2 aromatic carbocycles. The highest BCUT2D eigenvalue weighted by Crippen LogP contribution is 2.37. The Morgan fingerprint density at radius 2 is 1.88 bits per heavy atom. The highest BCUT2D eigenvalue weighted by molar-refractivity contribution is 5.88. The van der Waals surface area contributed by atoms with Crippen LogP contribution in [0.25, 0.3) is 10.8 Å². The summed E-state index contributed by atoms with van der Waals surface area (Å²) in [6, 6.07) is 11.0. The van der Waals surface area contributed by atoms with E-state index in [4.69, 9.17) is 10.8 Å². The van der Waals surface area contributed by atoms with E-state index in [-0.39, 0.29) is 17.7 Å². The fourth-order valence-corrected chi connectivity index (χ4v) is 3.64. The molecule has 0 radical (unpaired) electrons. The molecule has 0 bridgehead atoms. The summed E-state index contributed by atoms with van der Waals surface area (Å²) in [5, 5.41) is 30.7. The van der Waals surface area contributed by atoms with Crippen molar-refractivity contribution in [3.05, 3.63) is 42.0 Å². The van der Waals surface area contributed by atoms with Gasteiger partial charge in [0.05, 0.1) is 6.61 Å². The third kappa shape index (κ3) is 3.46. The van der Waals surface area contributed by atoms with Crippen LogP contribution in [-0.2, 0) is 4.79 Å². The maximum atomic E-state index is 11.9. The minimum atomic E-state index is -1.35. The number of phenols is 1. The number of hydrogen-bond donors (Lipinski definition) is 4. The van der Waals surface area contributed by atoms with Crippen molar-refractivity contribution in [3.63, 3.8) is 0 Å². The maximum absolute atomic E-state index is 11.9. The van der Waals surface area contributed by atoms with Gasteiger partial charge in [0.1, 0.15) is 5.75 Å². The Bertz CT molecular complexity index is 756. The van der Waals surface area contributed by atoms with Crippen molar-refractivity contribution < 1.29 is 20.1 Å². The first-order chi connectivity index (χ1) is 12.0. The lowest BCUT2D eigenvalue weighted by molar-refractivity contribution is -0.143. The summed E-state index contributed by atoms with van der Waals surface area (Å²) in [5.74, 6) is -0.116. The molecule has 6 nitrogen and oxygen atoms in total. The first-order valence-corrected chi connectivity index (χ1v) is 8.57. The third-order valence-electron chi connectivity index (χ3n) is 5.10. The number of likely N-dealkylation sites (tertiary alicyclic amines) is 1. The van der Waals surface area contributed by atoms with Crippen molar-refractivity contribution in [1.82, 2.24) is 4.90 Å². The Morgan fingerprint density at radius 1 is 1.20 bits per heavy atom. The Labute approximate surface area is 146 Å². The lowest BCUT2D eigenvalue weighted by Gasteiger charge is -2.36. The van der Waals surface area contributed by atoms with Gasteiger partial charge in [-0.05, 0) is 35.6 Å². The van der Waals surface area contributed by atoms with E-state index >= 15 is 0 Å². The molecule has 1 aliphatic rings. The fraction of sp³-hybridized carbons (Fsp3) is 0.421. The van der Waals surface area contributed by atoms with Crippen LogP contribution in [0.5, 0.6) is 5.75 Å². The Hall–Kier alpha value is -2.15. The standard InChI is InChI=1S/C19H24N2O4/c20-18(13-7-9-21(10-8-13)19(25)16(24)11-22)17-14-4-2-1-3-12(14)5-6-15(17)23/h1-6,13,16,18,22-24H,7-11,20H2/t16-,18-/m1/s1. The summed E-state index contributed by atoms with van der Waals surface area (Å²) < 4.78 is 0. The van der Waals surface area contributed by atoms with Crippen LogP contribution in [0.1, 0.15) is 24.4 Å². The van der Waals surface area contributed by atoms with Crippen LogP contribution >= 0.6 is 0 Å². The summed E-state index contributed by atoms with van der Waals surface area (Å²) in [7, 11) is 0. The molecule has 0 aromatic heterocycles. The molecule has 1 amide bonds. The van der Waals surface area contributed by atoms with E-state index in [1.54, 1.807) is 11.0 Å². The van der Waals surface area contributed by atoms with Gasteiger partial charge in [0.15, 0.2) is 6.10 Å². The highest BCUT2D eigenvalue weighted by atomic mass is 16.3. The van der Waals surface area contributed by atoms with Gasteiger partial charge in [-0.2, -0.15) is 0 Å². The summed E-state index contributed by atoms with van der Waals surface area (Å²) in [5.41, 5.74) is 7.24. The van der Waals surface area contributed by atoms with Gasteiger partial charge < -0.3 is 26.0 Å². The molecule has 6 heteroatoms. The molecular formula is C19H24N2O4. The van der Waals surface area contributed by atoms with Crippen LogP contribution in [0.4, 0.5) is 0 Å². The largest absolute Gasteiger partial charge is 0.508 e. The quantitative estimate of drug-likeness (QED) is 0.665. The molecule has 1 heterocycles. The molecule has 25 heavy (non-hydrogen) atoms. The number of aromatic hydroxyl groups is 1. The maximum Gasteiger partial charge on any atom is 0.253 e. The van der Waals surface area contributed by atoms with Gasteiger partial charge in [-0.3, -0.25) is 4.79 Å². The predicted octanol–water partition coefficient (Wildman–Crippen LogP) is 1.14. The van der Waals surface area contributed by atoms with Crippen LogP contribution in [0.3, 0.4) is 0 Å². The molecule has 3 rings (SSSR count). The first-order valence-electron chi connectivity index (χ1n) is 8.57. The molecule has 0 unspecified atom stereocenters. The van der Waals surface area contributed by atoms with Gasteiger partial charge in [0, 0.05) is 24.7 Å². The number of rotatable bonds is 4. The summed E-state index contributed by atoms with van der Waals surface area (Å²) in [6.45, 7) is 0.404. The van der Waals surface area contributed by atoms with E-state index in [0.29, 0.717) is 25.9 Å². The number of fused-ring (bicyclic) bond motifs is 1. The van der Waals surface area contributed by atoms with E-state index in [9.17, 15) is 15.0 Å². The van der Waals surface area contributed by atoms with Crippen LogP contribution in [0, 0.1) is 5.92 Å². The minimum Gasteiger partial charge on any atom is -0.508 e. The number of carbonyl (C=O) groups is 1. The van der Waals surface area contributed by atoms with Crippen molar-refractivity contribution in [2.75, 3.05) is 19.7 Å². The van der Waals surface area contributed by atoms with Crippen LogP contribution in [-0.4, -0.2) is 51.9 Å². The topological polar surface area (TPSA) is 107 Å². The molecule has 0 saturated carbocycles. The Balaban J connectivity index is 1.77. The second kappa shape index (κ2) is 7.39. The van der Waals surface area contributed by atoms with E-state index in [0.717, 1.165) is 16.3 Å². The zero-order valence-corrected chi connectivity index (χ0v) is 14.0. The first kappa shape index (κ1) is 17.7. The van der Waals surface area contributed by atoms with Gasteiger partial charge in [-0.1, -0.05) is 30.3 Å². The number of nitrogens with two attached hydrogens (primary N) is 1. The lowest BCUT2D eigenvalue weighted by Crippen LogP contribution is -2.46. The van der Waals surface area contributed by atoms with Gasteiger partial charge in [0.2, 0.25) is 0 Å². The molecule has 134 valence electrons. The molecule has 1 saturated heterocycles. The Kier molecular flexibility index (Phi) is 5.22. The van der Waals surface area contributed by atoms with Crippen molar-refractivity contribution in [2.24, 2.45) is 11.7 Å². The zero-order chi connectivity index (χ0) is 18.0. The summed E-state index contributed by atoms with van der Waals surface area (Å²) >= 11 is 0.